The first-order valence-electron chi connectivity index (χ1n) is 9.52. The van der Waals surface area contributed by atoms with Crippen molar-refractivity contribution in [2.75, 3.05) is 35.5 Å². The van der Waals surface area contributed by atoms with Crippen molar-refractivity contribution in [2.24, 2.45) is 0 Å². The Hall–Kier alpha value is -3.60. The third-order valence-electron chi connectivity index (χ3n) is 5.34. The summed E-state index contributed by atoms with van der Waals surface area (Å²) in [5.41, 5.74) is 6.47. The maximum absolute atomic E-state index is 5.56. The predicted molar refractivity (Wildman–Crippen MR) is 118 cm³/mol. The summed E-state index contributed by atoms with van der Waals surface area (Å²) in [6, 6.07) is 16.0. The van der Waals surface area contributed by atoms with E-state index in [1.54, 1.807) is 35.5 Å². The van der Waals surface area contributed by atoms with Gasteiger partial charge in [-0.25, -0.2) is 0 Å². The SMILES string of the molecule is COc1ccc2c(c1)-c1cc(OC)c(OC)cc1/C2=C/c1ccc(OC)c(OC)c1. The number of fused-ring (bicyclic) bond motifs is 3. The Bertz CT molecular complexity index is 1130. The summed E-state index contributed by atoms with van der Waals surface area (Å²) in [5, 5.41) is 0. The first-order valence-corrected chi connectivity index (χ1v) is 9.52. The van der Waals surface area contributed by atoms with Gasteiger partial charge in [-0.1, -0.05) is 12.1 Å². The van der Waals surface area contributed by atoms with Gasteiger partial charge in [-0.3, -0.25) is 0 Å². The van der Waals surface area contributed by atoms with E-state index >= 15 is 0 Å². The van der Waals surface area contributed by atoms with Crippen LogP contribution in [0.1, 0.15) is 16.7 Å². The third-order valence-corrected chi connectivity index (χ3v) is 5.34. The second-order valence-electron chi connectivity index (χ2n) is 6.84. The van der Waals surface area contributed by atoms with Crippen molar-refractivity contribution in [3.05, 3.63) is 65.2 Å². The highest BCUT2D eigenvalue weighted by Crippen LogP contribution is 2.50. The summed E-state index contributed by atoms with van der Waals surface area (Å²) in [6.07, 6.45) is 2.14. The second-order valence-corrected chi connectivity index (χ2v) is 6.84. The number of ether oxygens (including phenoxy) is 5. The molecule has 0 atom stereocenters. The van der Waals surface area contributed by atoms with Crippen molar-refractivity contribution in [3.63, 3.8) is 0 Å². The Balaban J connectivity index is 1.94. The number of hydrogen-bond donors (Lipinski definition) is 0. The van der Waals surface area contributed by atoms with E-state index in [1.165, 1.54) is 0 Å². The van der Waals surface area contributed by atoms with E-state index in [4.69, 9.17) is 23.7 Å². The molecule has 154 valence electrons. The van der Waals surface area contributed by atoms with E-state index in [-0.39, 0.29) is 0 Å². The average Bonchev–Trinajstić information content (AvgIpc) is 3.09. The van der Waals surface area contributed by atoms with Crippen LogP contribution in [0.15, 0.2) is 48.5 Å². The summed E-state index contributed by atoms with van der Waals surface area (Å²) in [6.45, 7) is 0. The van der Waals surface area contributed by atoms with Gasteiger partial charge in [0.2, 0.25) is 0 Å². The van der Waals surface area contributed by atoms with Crippen LogP contribution in [0, 0.1) is 0 Å². The highest BCUT2D eigenvalue weighted by atomic mass is 16.5. The Labute approximate surface area is 176 Å². The number of hydrogen-bond acceptors (Lipinski definition) is 5. The zero-order valence-electron chi connectivity index (χ0n) is 17.7. The molecule has 5 heteroatoms. The Morgan fingerprint density at radius 1 is 0.500 bits per heavy atom. The van der Waals surface area contributed by atoms with Gasteiger partial charge in [0.25, 0.3) is 0 Å². The Morgan fingerprint density at radius 2 is 1.10 bits per heavy atom. The van der Waals surface area contributed by atoms with Gasteiger partial charge in [0.1, 0.15) is 5.75 Å². The summed E-state index contributed by atoms with van der Waals surface area (Å²) in [7, 11) is 8.23. The summed E-state index contributed by atoms with van der Waals surface area (Å²) < 4.78 is 27.4. The molecule has 5 nitrogen and oxygen atoms in total. The lowest BCUT2D eigenvalue weighted by atomic mass is 10.0. The zero-order chi connectivity index (χ0) is 21.3. The first kappa shape index (κ1) is 19.7. The molecule has 4 rings (SSSR count). The number of benzene rings is 3. The van der Waals surface area contributed by atoms with Gasteiger partial charge < -0.3 is 23.7 Å². The molecule has 0 heterocycles. The molecule has 0 fully saturated rings. The van der Waals surface area contributed by atoms with E-state index in [1.807, 2.05) is 36.4 Å². The molecule has 0 aliphatic heterocycles. The highest BCUT2D eigenvalue weighted by molar-refractivity contribution is 6.07. The third kappa shape index (κ3) is 3.22. The largest absolute Gasteiger partial charge is 0.497 e. The lowest BCUT2D eigenvalue weighted by Crippen LogP contribution is -1.93. The molecule has 3 aromatic rings. The molecule has 0 N–H and O–H groups in total. The van der Waals surface area contributed by atoms with Crippen LogP contribution in [-0.4, -0.2) is 35.5 Å². The van der Waals surface area contributed by atoms with E-state index in [9.17, 15) is 0 Å². The minimum Gasteiger partial charge on any atom is -0.497 e. The summed E-state index contributed by atoms with van der Waals surface area (Å²) in [4.78, 5) is 0. The van der Waals surface area contributed by atoms with Gasteiger partial charge >= 0.3 is 0 Å². The van der Waals surface area contributed by atoms with Crippen molar-refractivity contribution in [3.8, 4) is 39.9 Å². The smallest absolute Gasteiger partial charge is 0.161 e. The lowest BCUT2D eigenvalue weighted by molar-refractivity contribution is 0.355. The molecule has 1 aliphatic rings. The Kier molecular flexibility index (Phi) is 5.27. The van der Waals surface area contributed by atoms with Gasteiger partial charge in [0.15, 0.2) is 23.0 Å². The van der Waals surface area contributed by atoms with Crippen molar-refractivity contribution in [2.45, 2.75) is 0 Å². The quantitative estimate of drug-likeness (QED) is 0.436. The van der Waals surface area contributed by atoms with Crippen LogP contribution in [0.3, 0.4) is 0 Å². The van der Waals surface area contributed by atoms with Crippen LogP contribution in [0.2, 0.25) is 0 Å². The molecule has 1 aliphatic carbocycles. The monoisotopic (exact) mass is 404 g/mol. The van der Waals surface area contributed by atoms with E-state index in [0.717, 1.165) is 39.1 Å². The highest BCUT2D eigenvalue weighted by Gasteiger charge is 2.26. The van der Waals surface area contributed by atoms with Gasteiger partial charge in [-0.05, 0) is 75.9 Å². The maximum Gasteiger partial charge on any atom is 0.161 e. The van der Waals surface area contributed by atoms with Crippen LogP contribution in [0.25, 0.3) is 22.8 Å². The molecule has 30 heavy (non-hydrogen) atoms. The van der Waals surface area contributed by atoms with Gasteiger partial charge in [-0.15, -0.1) is 0 Å². The molecule has 0 unspecified atom stereocenters. The molecule has 0 radical (unpaired) electrons. The average molecular weight is 404 g/mol. The van der Waals surface area contributed by atoms with Crippen molar-refractivity contribution in [1.82, 2.24) is 0 Å². The minimum absolute atomic E-state index is 0.687. The van der Waals surface area contributed by atoms with Gasteiger partial charge in [0.05, 0.1) is 35.5 Å². The molecule has 0 amide bonds. The van der Waals surface area contributed by atoms with Crippen LogP contribution in [0.5, 0.6) is 28.7 Å². The zero-order valence-corrected chi connectivity index (χ0v) is 17.7. The molecule has 0 bridgehead atoms. The Morgan fingerprint density at radius 3 is 1.73 bits per heavy atom. The number of methoxy groups -OCH3 is 5. The van der Waals surface area contributed by atoms with Crippen molar-refractivity contribution >= 4 is 11.6 Å². The summed E-state index contributed by atoms with van der Waals surface area (Å²) in [5.74, 6) is 3.57. The molecule has 0 spiro atoms. The summed E-state index contributed by atoms with van der Waals surface area (Å²) >= 11 is 0. The first-order chi connectivity index (χ1) is 14.6. The molecular weight excluding hydrogens is 380 g/mol. The van der Waals surface area contributed by atoms with Crippen LogP contribution in [0.4, 0.5) is 0 Å². The van der Waals surface area contributed by atoms with Gasteiger partial charge in [0, 0.05) is 0 Å². The number of rotatable bonds is 6. The molecule has 3 aromatic carbocycles. The fourth-order valence-electron chi connectivity index (χ4n) is 3.84. The standard InChI is InChI=1S/C25H24O5/c1-26-16-7-8-17-18(10-15-6-9-22(27-2)23(11-15)28-3)20-13-24(29-4)25(30-5)14-21(20)19(17)12-16/h6-14H,1-5H3/b18-10+. The fraction of sp³-hybridized carbons (Fsp3) is 0.200. The second kappa shape index (κ2) is 8.03. The van der Waals surface area contributed by atoms with Crippen LogP contribution >= 0.6 is 0 Å². The van der Waals surface area contributed by atoms with Crippen LogP contribution < -0.4 is 23.7 Å². The minimum atomic E-state index is 0.687. The van der Waals surface area contributed by atoms with Crippen molar-refractivity contribution in [1.29, 1.82) is 0 Å². The normalized spacial score (nSPS) is 12.9. The predicted octanol–water partition coefficient (Wildman–Crippen LogP) is 5.30. The topological polar surface area (TPSA) is 46.2 Å². The van der Waals surface area contributed by atoms with Crippen LogP contribution in [-0.2, 0) is 0 Å². The fourth-order valence-corrected chi connectivity index (χ4v) is 3.84. The van der Waals surface area contributed by atoms with E-state index in [2.05, 4.69) is 18.2 Å². The molecular formula is C25H24O5. The van der Waals surface area contributed by atoms with E-state index < -0.39 is 0 Å². The molecule has 0 saturated carbocycles. The lowest BCUT2D eigenvalue weighted by Gasteiger charge is -2.11. The van der Waals surface area contributed by atoms with E-state index in [0.29, 0.717) is 23.0 Å². The van der Waals surface area contributed by atoms with Gasteiger partial charge in [-0.2, -0.15) is 0 Å². The molecule has 0 aromatic heterocycles. The molecule has 0 saturated heterocycles. The van der Waals surface area contributed by atoms with Crippen molar-refractivity contribution < 1.29 is 23.7 Å². The maximum atomic E-state index is 5.56.